The second-order valence-corrected chi connectivity index (χ2v) is 6.34. The monoisotopic (exact) mass is 313 g/mol. The van der Waals surface area contributed by atoms with Gasteiger partial charge in [0.1, 0.15) is 0 Å². The maximum atomic E-state index is 11.7. The van der Waals surface area contributed by atoms with Gasteiger partial charge in [0.05, 0.1) is 18.0 Å². The molecule has 2 aromatic rings. The molecular formula is C18H23N3O2. The molecule has 0 radical (unpaired) electrons. The summed E-state index contributed by atoms with van der Waals surface area (Å²) in [5, 5.41) is 17.1. The highest BCUT2D eigenvalue weighted by molar-refractivity contribution is 5.50. The Bertz CT molecular complexity index is 733. The number of hydrogen-bond acceptors (Lipinski definition) is 4. The van der Waals surface area contributed by atoms with Gasteiger partial charge in [-0.2, -0.15) is 5.10 Å². The van der Waals surface area contributed by atoms with Crippen LogP contribution < -0.4 is 10.5 Å². The third kappa shape index (κ3) is 3.15. The molecule has 23 heavy (non-hydrogen) atoms. The van der Waals surface area contributed by atoms with Crippen molar-refractivity contribution in [2.75, 3.05) is 18.0 Å². The lowest BCUT2D eigenvalue weighted by Gasteiger charge is -2.36. The summed E-state index contributed by atoms with van der Waals surface area (Å²) in [7, 11) is 0. The Morgan fingerprint density at radius 2 is 1.96 bits per heavy atom. The lowest BCUT2D eigenvalue weighted by molar-refractivity contribution is 0.0924. The zero-order valence-electron chi connectivity index (χ0n) is 13.6. The van der Waals surface area contributed by atoms with E-state index in [1.807, 2.05) is 38.1 Å². The van der Waals surface area contributed by atoms with Gasteiger partial charge in [-0.25, -0.2) is 5.10 Å². The van der Waals surface area contributed by atoms with Crippen LogP contribution in [0.3, 0.4) is 0 Å². The van der Waals surface area contributed by atoms with Gasteiger partial charge in [0.25, 0.3) is 5.56 Å². The number of aromatic nitrogens is 2. The van der Waals surface area contributed by atoms with Crippen molar-refractivity contribution in [2.45, 2.75) is 32.8 Å². The molecule has 1 fully saturated rings. The van der Waals surface area contributed by atoms with Crippen LogP contribution in [-0.4, -0.2) is 28.4 Å². The molecule has 0 spiro atoms. The first-order valence-electron chi connectivity index (χ1n) is 8.10. The van der Waals surface area contributed by atoms with E-state index in [1.165, 1.54) is 0 Å². The molecule has 1 aliphatic rings. The predicted octanol–water partition coefficient (Wildman–Crippen LogP) is 2.34. The van der Waals surface area contributed by atoms with Crippen LogP contribution in [0.4, 0.5) is 5.69 Å². The maximum absolute atomic E-state index is 11.7. The molecule has 1 aromatic heterocycles. The summed E-state index contributed by atoms with van der Waals surface area (Å²) in [5.74, 6) is 0.252. The number of piperidine rings is 1. The standard InChI is InChI=1S/C18H23N3O2/c1-12-5-3-4-6-15(12)17(22)14-7-9-21(10-8-14)16-11-19-20-18(23)13(16)2/h3-6,11,14,17,22H,7-10H2,1-2H3,(H,20,23). The minimum Gasteiger partial charge on any atom is -0.388 e. The van der Waals surface area contributed by atoms with E-state index in [4.69, 9.17) is 0 Å². The molecule has 1 aliphatic heterocycles. The smallest absolute Gasteiger partial charge is 0.269 e. The lowest BCUT2D eigenvalue weighted by Crippen LogP contribution is -2.37. The summed E-state index contributed by atoms with van der Waals surface area (Å²) in [6, 6.07) is 8.03. The Morgan fingerprint density at radius 3 is 2.65 bits per heavy atom. The number of nitrogens with zero attached hydrogens (tertiary/aromatic N) is 2. The van der Waals surface area contributed by atoms with Gasteiger partial charge in [-0.1, -0.05) is 24.3 Å². The third-order valence-electron chi connectivity index (χ3n) is 4.91. The van der Waals surface area contributed by atoms with Crippen molar-refractivity contribution < 1.29 is 5.11 Å². The summed E-state index contributed by atoms with van der Waals surface area (Å²) < 4.78 is 0. The van der Waals surface area contributed by atoms with Crippen molar-refractivity contribution in [2.24, 2.45) is 5.92 Å². The van der Waals surface area contributed by atoms with Crippen molar-refractivity contribution in [3.8, 4) is 0 Å². The Hall–Kier alpha value is -2.14. The largest absolute Gasteiger partial charge is 0.388 e. The molecule has 0 aliphatic carbocycles. The average molecular weight is 313 g/mol. The fourth-order valence-corrected chi connectivity index (χ4v) is 3.40. The van der Waals surface area contributed by atoms with Crippen LogP contribution in [0.1, 0.15) is 35.6 Å². The summed E-state index contributed by atoms with van der Waals surface area (Å²) in [6.07, 6.45) is 3.11. The van der Waals surface area contributed by atoms with Gasteiger partial charge < -0.3 is 10.0 Å². The van der Waals surface area contributed by atoms with E-state index in [2.05, 4.69) is 15.1 Å². The van der Waals surface area contributed by atoms with Crippen molar-refractivity contribution >= 4 is 5.69 Å². The molecule has 3 rings (SSSR count). The number of anilines is 1. The van der Waals surface area contributed by atoms with Crippen LogP contribution in [0.15, 0.2) is 35.3 Å². The molecule has 1 saturated heterocycles. The van der Waals surface area contributed by atoms with E-state index >= 15 is 0 Å². The SMILES string of the molecule is Cc1ccccc1C(O)C1CCN(c2cn[nH]c(=O)c2C)CC1. The number of aliphatic hydroxyl groups excluding tert-OH is 1. The van der Waals surface area contributed by atoms with Gasteiger partial charge in [0.2, 0.25) is 0 Å². The van der Waals surface area contributed by atoms with Crippen molar-refractivity contribution in [1.82, 2.24) is 10.2 Å². The number of aryl methyl sites for hydroxylation is 1. The van der Waals surface area contributed by atoms with E-state index in [0.29, 0.717) is 5.56 Å². The summed E-state index contributed by atoms with van der Waals surface area (Å²) in [5.41, 5.74) is 3.64. The molecular weight excluding hydrogens is 290 g/mol. The quantitative estimate of drug-likeness (QED) is 0.912. The molecule has 0 bridgehead atoms. The fourth-order valence-electron chi connectivity index (χ4n) is 3.40. The first-order valence-corrected chi connectivity index (χ1v) is 8.10. The second-order valence-electron chi connectivity index (χ2n) is 6.34. The predicted molar refractivity (Wildman–Crippen MR) is 90.7 cm³/mol. The topological polar surface area (TPSA) is 69.2 Å². The van der Waals surface area contributed by atoms with Gasteiger partial charge in [-0.15, -0.1) is 0 Å². The molecule has 2 heterocycles. The van der Waals surface area contributed by atoms with E-state index in [-0.39, 0.29) is 11.5 Å². The summed E-state index contributed by atoms with van der Waals surface area (Å²) in [4.78, 5) is 13.9. The Morgan fingerprint density at radius 1 is 1.26 bits per heavy atom. The maximum Gasteiger partial charge on any atom is 0.269 e. The molecule has 0 amide bonds. The normalized spacial score (nSPS) is 17.3. The number of rotatable bonds is 3. The van der Waals surface area contributed by atoms with Gasteiger partial charge in [-0.3, -0.25) is 4.79 Å². The number of aromatic amines is 1. The average Bonchev–Trinajstić information content (AvgIpc) is 2.57. The minimum absolute atomic E-state index is 0.135. The van der Waals surface area contributed by atoms with Crippen molar-refractivity contribution in [3.05, 3.63) is 57.5 Å². The zero-order valence-corrected chi connectivity index (χ0v) is 13.6. The van der Waals surface area contributed by atoms with Crippen LogP contribution in [-0.2, 0) is 0 Å². The van der Waals surface area contributed by atoms with Crippen LogP contribution in [0.25, 0.3) is 0 Å². The van der Waals surface area contributed by atoms with Crippen LogP contribution in [0.5, 0.6) is 0 Å². The Labute approximate surface area is 136 Å². The number of hydrogen-bond donors (Lipinski definition) is 2. The Balaban J connectivity index is 1.70. The zero-order chi connectivity index (χ0) is 16.4. The molecule has 122 valence electrons. The van der Waals surface area contributed by atoms with Crippen molar-refractivity contribution in [1.29, 1.82) is 0 Å². The first-order chi connectivity index (χ1) is 11.1. The van der Waals surface area contributed by atoms with Gasteiger partial charge in [-0.05, 0) is 43.7 Å². The number of benzene rings is 1. The second kappa shape index (κ2) is 6.54. The Kier molecular flexibility index (Phi) is 4.48. The van der Waals surface area contributed by atoms with E-state index in [9.17, 15) is 9.90 Å². The highest BCUT2D eigenvalue weighted by Gasteiger charge is 2.27. The number of aliphatic hydroxyl groups is 1. The van der Waals surface area contributed by atoms with Gasteiger partial charge >= 0.3 is 0 Å². The van der Waals surface area contributed by atoms with E-state index in [1.54, 1.807) is 6.20 Å². The molecule has 0 saturated carbocycles. The van der Waals surface area contributed by atoms with Crippen LogP contribution in [0.2, 0.25) is 0 Å². The molecule has 2 N–H and O–H groups in total. The number of nitrogens with one attached hydrogen (secondary N) is 1. The summed E-state index contributed by atoms with van der Waals surface area (Å²) in [6.45, 7) is 5.53. The molecule has 5 heteroatoms. The van der Waals surface area contributed by atoms with Gasteiger partial charge in [0.15, 0.2) is 0 Å². The molecule has 5 nitrogen and oxygen atoms in total. The lowest BCUT2D eigenvalue weighted by atomic mass is 9.86. The molecule has 1 atom stereocenters. The van der Waals surface area contributed by atoms with Crippen molar-refractivity contribution in [3.63, 3.8) is 0 Å². The van der Waals surface area contributed by atoms with E-state index in [0.717, 1.165) is 42.7 Å². The highest BCUT2D eigenvalue weighted by atomic mass is 16.3. The molecule has 1 aromatic carbocycles. The van der Waals surface area contributed by atoms with Crippen LogP contribution in [0, 0.1) is 19.8 Å². The van der Waals surface area contributed by atoms with Crippen LogP contribution >= 0.6 is 0 Å². The minimum atomic E-state index is -0.420. The molecule has 1 unspecified atom stereocenters. The number of H-pyrrole nitrogens is 1. The highest BCUT2D eigenvalue weighted by Crippen LogP contribution is 2.33. The summed E-state index contributed by atoms with van der Waals surface area (Å²) >= 11 is 0. The third-order valence-corrected chi connectivity index (χ3v) is 4.91. The first kappa shape index (κ1) is 15.7. The van der Waals surface area contributed by atoms with Gasteiger partial charge in [0, 0.05) is 18.7 Å². The fraction of sp³-hybridized carbons (Fsp3) is 0.444. The van der Waals surface area contributed by atoms with E-state index < -0.39 is 6.10 Å².